The van der Waals surface area contributed by atoms with E-state index in [0.29, 0.717) is 0 Å². The van der Waals surface area contributed by atoms with Gasteiger partial charge in [0.15, 0.2) is 0 Å². The number of ether oxygens (including phenoxy) is 1. The lowest BCUT2D eigenvalue weighted by molar-refractivity contribution is 0.0541. The molecular formula is C12H26N2O2. The van der Waals surface area contributed by atoms with Gasteiger partial charge in [0.25, 0.3) is 0 Å². The Morgan fingerprint density at radius 1 is 1.19 bits per heavy atom. The third kappa shape index (κ3) is 9.77. The van der Waals surface area contributed by atoms with Gasteiger partial charge in [-0.15, -0.1) is 0 Å². The number of hydrogen-bond acceptors (Lipinski definition) is 3. The van der Waals surface area contributed by atoms with E-state index in [1.54, 1.807) is 0 Å². The summed E-state index contributed by atoms with van der Waals surface area (Å²) in [5.41, 5.74) is -0.389. The molecule has 1 rings (SSSR count). The van der Waals surface area contributed by atoms with Crippen LogP contribution in [-0.2, 0) is 4.74 Å². The van der Waals surface area contributed by atoms with Gasteiger partial charge in [0.2, 0.25) is 0 Å². The van der Waals surface area contributed by atoms with E-state index in [0.717, 1.165) is 0 Å². The van der Waals surface area contributed by atoms with Crippen LogP contribution < -0.4 is 5.32 Å². The topological polar surface area (TPSA) is 41.6 Å². The number of nitrogens with zero attached hydrogens (tertiary/aromatic N) is 1. The van der Waals surface area contributed by atoms with Crippen molar-refractivity contribution >= 4 is 6.09 Å². The molecule has 0 unspecified atom stereocenters. The number of alkyl carbamates (subject to hydrolysis) is 1. The maximum absolute atomic E-state index is 10.5. The maximum atomic E-state index is 10.5. The van der Waals surface area contributed by atoms with Crippen LogP contribution in [0.3, 0.4) is 0 Å². The zero-order valence-corrected chi connectivity index (χ0v) is 11.3. The summed E-state index contributed by atoms with van der Waals surface area (Å²) >= 11 is 0. The molecule has 1 aliphatic rings. The third-order valence-electron chi connectivity index (χ3n) is 2.18. The summed E-state index contributed by atoms with van der Waals surface area (Å²) in [6.45, 7) is 8.10. The van der Waals surface area contributed by atoms with Gasteiger partial charge < -0.3 is 15.0 Å². The van der Waals surface area contributed by atoms with E-state index in [2.05, 4.69) is 17.3 Å². The van der Waals surface area contributed by atoms with Crippen molar-refractivity contribution < 1.29 is 9.53 Å². The van der Waals surface area contributed by atoms with Crippen molar-refractivity contribution in [2.75, 3.05) is 27.2 Å². The summed E-state index contributed by atoms with van der Waals surface area (Å²) in [6, 6.07) is 0. The predicted octanol–water partition coefficient (Wildman–Crippen LogP) is 2.24. The first kappa shape index (κ1) is 15.2. The van der Waals surface area contributed by atoms with Gasteiger partial charge in [-0.3, -0.25) is 0 Å². The van der Waals surface area contributed by atoms with E-state index in [9.17, 15) is 4.79 Å². The Kier molecular flexibility index (Phi) is 7.13. The number of piperidine rings is 1. The molecule has 0 atom stereocenters. The summed E-state index contributed by atoms with van der Waals surface area (Å²) in [7, 11) is 3.73. The summed E-state index contributed by atoms with van der Waals surface area (Å²) in [4.78, 5) is 12.9. The Bertz CT molecular complexity index is 194. The van der Waals surface area contributed by atoms with Crippen LogP contribution in [0.1, 0.15) is 40.0 Å². The Labute approximate surface area is 99.3 Å². The lowest BCUT2D eigenvalue weighted by Crippen LogP contribution is -2.30. The second-order valence-electron chi connectivity index (χ2n) is 5.12. The molecule has 1 fully saturated rings. The fourth-order valence-corrected chi connectivity index (χ4v) is 1.38. The van der Waals surface area contributed by atoms with Gasteiger partial charge in [0.1, 0.15) is 5.60 Å². The minimum Gasteiger partial charge on any atom is -0.444 e. The van der Waals surface area contributed by atoms with Crippen LogP contribution in [0.4, 0.5) is 4.79 Å². The first-order chi connectivity index (χ1) is 7.35. The molecule has 0 spiro atoms. The zero-order valence-electron chi connectivity index (χ0n) is 11.3. The summed E-state index contributed by atoms with van der Waals surface area (Å²) < 4.78 is 4.84. The molecule has 4 heteroatoms. The number of amides is 1. The standard InChI is InChI=1S/C6H13NO2.C6H13N/c1-6(2,3)9-5(8)7-4;1-7-5-3-2-4-6-7/h1-4H3,(H,7,8);2-6H2,1H3. The molecular weight excluding hydrogens is 204 g/mol. The van der Waals surface area contributed by atoms with Crippen LogP contribution in [0.5, 0.6) is 0 Å². The third-order valence-corrected chi connectivity index (χ3v) is 2.18. The van der Waals surface area contributed by atoms with Gasteiger partial charge in [0.05, 0.1) is 0 Å². The number of carbonyl (C=O) groups is 1. The van der Waals surface area contributed by atoms with Crippen molar-refractivity contribution in [2.24, 2.45) is 0 Å². The van der Waals surface area contributed by atoms with E-state index in [1.165, 1.54) is 39.4 Å². The number of likely N-dealkylation sites (tertiary alicyclic amines) is 1. The fourth-order valence-electron chi connectivity index (χ4n) is 1.38. The SMILES string of the molecule is CN1CCCCC1.CNC(=O)OC(C)(C)C. The summed E-state index contributed by atoms with van der Waals surface area (Å²) in [5.74, 6) is 0. The van der Waals surface area contributed by atoms with E-state index in [1.807, 2.05) is 20.8 Å². The first-order valence-corrected chi connectivity index (χ1v) is 5.94. The molecule has 1 aliphatic heterocycles. The second kappa shape index (κ2) is 7.49. The highest BCUT2D eigenvalue weighted by atomic mass is 16.6. The van der Waals surface area contributed by atoms with Crippen LogP contribution >= 0.6 is 0 Å². The maximum Gasteiger partial charge on any atom is 0.407 e. The van der Waals surface area contributed by atoms with Gasteiger partial charge in [-0.05, 0) is 53.8 Å². The van der Waals surface area contributed by atoms with E-state index < -0.39 is 0 Å². The Morgan fingerprint density at radius 2 is 1.69 bits per heavy atom. The molecule has 0 saturated carbocycles. The van der Waals surface area contributed by atoms with Gasteiger partial charge in [0, 0.05) is 7.05 Å². The molecule has 0 aromatic rings. The highest BCUT2D eigenvalue weighted by Crippen LogP contribution is 2.05. The molecule has 0 aromatic carbocycles. The molecule has 1 N–H and O–H groups in total. The molecule has 0 aliphatic carbocycles. The van der Waals surface area contributed by atoms with Gasteiger partial charge >= 0.3 is 6.09 Å². The Morgan fingerprint density at radius 3 is 1.88 bits per heavy atom. The lowest BCUT2D eigenvalue weighted by atomic mass is 10.1. The van der Waals surface area contributed by atoms with Crippen molar-refractivity contribution in [1.29, 1.82) is 0 Å². The molecule has 0 aromatic heterocycles. The van der Waals surface area contributed by atoms with E-state index in [-0.39, 0.29) is 11.7 Å². The first-order valence-electron chi connectivity index (χ1n) is 5.94. The minimum atomic E-state index is -0.389. The van der Waals surface area contributed by atoms with E-state index in [4.69, 9.17) is 4.74 Å². The van der Waals surface area contributed by atoms with Gasteiger partial charge in [-0.25, -0.2) is 4.79 Å². The average Bonchev–Trinajstić information content (AvgIpc) is 2.17. The largest absolute Gasteiger partial charge is 0.444 e. The van der Waals surface area contributed by atoms with Gasteiger partial charge in [-0.1, -0.05) is 6.42 Å². The summed E-state index contributed by atoms with van der Waals surface area (Å²) in [5, 5.41) is 2.36. The smallest absolute Gasteiger partial charge is 0.407 e. The molecule has 1 saturated heterocycles. The monoisotopic (exact) mass is 230 g/mol. The normalized spacial score (nSPS) is 17.1. The van der Waals surface area contributed by atoms with Crippen molar-refractivity contribution in [3.63, 3.8) is 0 Å². The zero-order chi connectivity index (χ0) is 12.6. The minimum absolute atomic E-state index is 0.387. The number of hydrogen-bond donors (Lipinski definition) is 1. The molecule has 0 radical (unpaired) electrons. The Balaban J connectivity index is 0.000000288. The van der Waals surface area contributed by atoms with Crippen LogP contribution in [-0.4, -0.2) is 43.8 Å². The second-order valence-corrected chi connectivity index (χ2v) is 5.12. The number of rotatable bonds is 0. The van der Waals surface area contributed by atoms with Crippen LogP contribution in [0.25, 0.3) is 0 Å². The highest BCUT2D eigenvalue weighted by molar-refractivity contribution is 5.67. The van der Waals surface area contributed by atoms with Crippen molar-refractivity contribution in [1.82, 2.24) is 10.2 Å². The van der Waals surface area contributed by atoms with Crippen LogP contribution in [0.15, 0.2) is 0 Å². The highest BCUT2D eigenvalue weighted by Gasteiger charge is 2.13. The quantitative estimate of drug-likeness (QED) is 0.694. The fraction of sp³-hybridized carbons (Fsp3) is 0.917. The molecule has 1 amide bonds. The van der Waals surface area contributed by atoms with Crippen molar-refractivity contribution in [3.05, 3.63) is 0 Å². The van der Waals surface area contributed by atoms with E-state index >= 15 is 0 Å². The molecule has 1 heterocycles. The van der Waals surface area contributed by atoms with Gasteiger partial charge in [-0.2, -0.15) is 0 Å². The number of nitrogens with one attached hydrogen (secondary N) is 1. The lowest BCUT2D eigenvalue weighted by Gasteiger charge is -2.20. The molecule has 96 valence electrons. The predicted molar refractivity (Wildman–Crippen MR) is 66.6 cm³/mol. The number of carbonyl (C=O) groups excluding carboxylic acids is 1. The summed E-state index contributed by atoms with van der Waals surface area (Å²) in [6.07, 6.45) is 3.89. The molecule has 16 heavy (non-hydrogen) atoms. The molecule has 0 bridgehead atoms. The van der Waals surface area contributed by atoms with Crippen molar-refractivity contribution in [3.8, 4) is 0 Å². The van der Waals surface area contributed by atoms with Crippen molar-refractivity contribution in [2.45, 2.75) is 45.6 Å². The van der Waals surface area contributed by atoms with Crippen LogP contribution in [0.2, 0.25) is 0 Å². The molecule has 4 nitrogen and oxygen atoms in total. The Hall–Kier alpha value is -0.770. The van der Waals surface area contributed by atoms with Crippen LogP contribution in [0, 0.1) is 0 Å². The average molecular weight is 230 g/mol.